The van der Waals surface area contributed by atoms with Crippen molar-refractivity contribution in [3.8, 4) is 5.75 Å². The third kappa shape index (κ3) is 9.43. The van der Waals surface area contributed by atoms with E-state index in [1.807, 2.05) is 53.4 Å². The molecule has 0 spiro atoms. The molecule has 2 heterocycles. The first-order valence-electron chi connectivity index (χ1n) is 18.0. The first-order chi connectivity index (χ1) is 26.0. The number of carbonyl (C=O) groups excluding carboxylic acids is 3. The standard InChI is InChI=1S/C40H41ClF3N3O7/c41-31-6-2-1-5-26(31)15-16-47(28-11-12-28)40(52)37-30(18-27-21-46(22-34(37)45-27)35(49)19-29(54-23-48)20-36(50)51)25-9-7-24(8-10-25)4-3-17-53-39-33(43)14-13-32(42)38(39)44/h1-2,5-10,13-14,23,27-29,34,45H,3-4,11-12,15-22H2,(H,50,51)/t27-,29+,34-/m1/s1. The number of carboxylic acid groups (broad SMARTS) is 1. The SMILES string of the molecule is O=CO[C@H](CC(=O)O)CC(=O)N1C[C@H]2CC(c3ccc(CCCOc4c(F)ccc(F)c4F)cc3)=C(C(=O)N(CCc3ccccc3Cl)C3CC3)[C@@H](C1)N2. The number of rotatable bonds is 17. The third-order valence-electron chi connectivity index (χ3n) is 10.0. The van der Waals surface area contributed by atoms with E-state index in [2.05, 4.69) is 5.32 Å². The lowest BCUT2D eigenvalue weighted by atomic mass is 9.82. The van der Waals surface area contributed by atoms with E-state index in [0.29, 0.717) is 55.4 Å². The van der Waals surface area contributed by atoms with Gasteiger partial charge in [0.05, 0.1) is 25.5 Å². The van der Waals surface area contributed by atoms with E-state index >= 15 is 0 Å². The molecule has 54 heavy (non-hydrogen) atoms. The molecule has 3 aliphatic rings. The van der Waals surface area contributed by atoms with Crippen LogP contribution in [0.25, 0.3) is 5.57 Å². The highest BCUT2D eigenvalue weighted by atomic mass is 35.5. The van der Waals surface area contributed by atoms with Crippen molar-refractivity contribution in [3.05, 3.63) is 105 Å². The molecule has 3 aromatic rings. The number of halogens is 4. The van der Waals surface area contributed by atoms with E-state index in [4.69, 9.17) is 21.1 Å². The molecule has 2 aliphatic heterocycles. The Kier molecular flexibility index (Phi) is 12.6. The van der Waals surface area contributed by atoms with E-state index in [9.17, 15) is 37.5 Å². The highest BCUT2D eigenvalue weighted by Gasteiger charge is 2.43. The summed E-state index contributed by atoms with van der Waals surface area (Å²) in [7, 11) is 0. The number of hydrogen-bond acceptors (Lipinski definition) is 7. The number of hydrogen-bond donors (Lipinski definition) is 2. The fourth-order valence-corrected chi connectivity index (χ4v) is 7.46. The van der Waals surface area contributed by atoms with Crippen molar-refractivity contribution in [1.82, 2.24) is 15.1 Å². The van der Waals surface area contributed by atoms with Gasteiger partial charge in [-0.3, -0.25) is 19.2 Å². The molecule has 1 saturated carbocycles. The van der Waals surface area contributed by atoms with Crippen LogP contribution >= 0.6 is 11.6 Å². The highest BCUT2D eigenvalue weighted by Crippen LogP contribution is 2.37. The zero-order chi connectivity index (χ0) is 38.4. The second-order valence-electron chi connectivity index (χ2n) is 13.9. The molecule has 3 atom stereocenters. The molecule has 2 amide bonds. The third-order valence-corrected chi connectivity index (χ3v) is 10.4. The van der Waals surface area contributed by atoms with E-state index in [0.717, 1.165) is 41.2 Å². The number of carbonyl (C=O) groups is 4. The van der Waals surface area contributed by atoms with Crippen LogP contribution in [0.15, 0.2) is 66.2 Å². The van der Waals surface area contributed by atoms with Gasteiger partial charge in [0, 0.05) is 42.3 Å². The molecular weight excluding hydrogens is 727 g/mol. The molecule has 1 aliphatic carbocycles. The van der Waals surface area contributed by atoms with Crippen LogP contribution < -0.4 is 10.1 Å². The van der Waals surface area contributed by atoms with Gasteiger partial charge in [-0.05, 0) is 79.0 Å². The Balaban J connectivity index is 1.22. The molecule has 2 bridgehead atoms. The highest BCUT2D eigenvalue weighted by molar-refractivity contribution is 6.31. The van der Waals surface area contributed by atoms with Crippen LogP contribution in [0.4, 0.5) is 13.2 Å². The van der Waals surface area contributed by atoms with Gasteiger partial charge in [0.2, 0.25) is 11.7 Å². The average molecular weight is 768 g/mol. The van der Waals surface area contributed by atoms with Crippen LogP contribution in [-0.4, -0.2) is 89.6 Å². The Hall–Kier alpha value is -4.88. The summed E-state index contributed by atoms with van der Waals surface area (Å²) in [4.78, 5) is 54.0. The van der Waals surface area contributed by atoms with Crippen LogP contribution in [0.3, 0.4) is 0 Å². The summed E-state index contributed by atoms with van der Waals surface area (Å²) >= 11 is 6.46. The average Bonchev–Trinajstić information content (AvgIpc) is 3.99. The second kappa shape index (κ2) is 17.5. The van der Waals surface area contributed by atoms with Crippen molar-refractivity contribution in [1.29, 1.82) is 0 Å². The predicted molar refractivity (Wildman–Crippen MR) is 193 cm³/mol. The van der Waals surface area contributed by atoms with Gasteiger partial charge in [0.1, 0.15) is 6.10 Å². The van der Waals surface area contributed by atoms with Crippen molar-refractivity contribution in [2.75, 3.05) is 26.2 Å². The van der Waals surface area contributed by atoms with Gasteiger partial charge in [-0.1, -0.05) is 54.1 Å². The van der Waals surface area contributed by atoms with Gasteiger partial charge < -0.3 is 29.7 Å². The number of ether oxygens (including phenoxy) is 2. The van der Waals surface area contributed by atoms with Gasteiger partial charge in [-0.2, -0.15) is 4.39 Å². The number of nitrogens with one attached hydrogen (secondary N) is 1. The molecule has 3 aromatic carbocycles. The van der Waals surface area contributed by atoms with E-state index in [-0.39, 0.29) is 49.9 Å². The number of aryl methyl sites for hydroxylation is 1. The Morgan fingerprint density at radius 2 is 1.72 bits per heavy atom. The quantitative estimate of drug-likeness (QED) is 0.101. The zero-order valence-corrected chi connectivity index (χ0v) is 30.2. The van der Waals surface area contributed by atoms with Crippen molar-refractivity contribution < 1.29 is 46.9 Å². The second-order valence-corrected chi connectivity index (χ2v) is 14.3. The fourth-order valence-electron chi connectivity index (χ4n) is 7.23. The molecule has 2 fully saturated rings. The maximum atomic E-state index is 14.7. The van der Waals surface area contributed by atoms with Gasteiger partial charge in [-0.25, -0.2) is 8.78 Å². The summed E-state index contributed by atoms with van der Waals surface area (Å²) < 4.78 is 51.6. The minimum atomic E-state index is -1.37. The first kappa shape index (κ1) is 38.8. The monoisotopic (exact) mass is 767 g/mol. The Morgan fingerprint density at radius 3 is 2.43 bits per heavy atom. The normalized spacial score (nSPS) is 18.6. The molecule has 0 radical (unpaired) electrons. The molecule has 6 rings (SSSR count). The summed E-state index contributed by atoms with van der Waals surface area (Å²) in [6.07, 6.45) is 1.76. The van der Waals surface area contributed by atoms with Gasteiger partial charge in [-0.15, -0.1) is 0 Å². The Bertz CT molecular complexity index is 1910. The van der Waals surface area contributed by atoms with Crippen LogP contribution in [0.1, 0.15) is 55.2 Å². The van der Waals surface area contributed by atoms with Crippen molar-refractivity contribution in [3.63, 3.8) is 0 Å². The van der Waals surface area contributed by atoms with Crippen LogP contribution in [0.2, 0.25) is 5.02 Å². The summed E-state index contributed by atoms with van der Waals surface area (Å²) in [5, 5.41) is 13.4. The Morgan fingerprint density at radius 1 is 0.981 bits per heavy atom. The lowest BCUT2D eigenvalue weighted by Gasteiger charge is -2.45. The van der Waals surface area contributed by atoms with Gasteiger partial charge in [0.15, 0.2) is 17.4 Å². The smallest absolute Gasteiger partial charge is 0.307 e. The summed E-state index contributed by atoms with van der Waals surface area (Å²) in [6, 6.07) is 16.1. The molecule has 2 N–H and O–H groups in total. The molecule has 286 valence electrons. The molecular formula is C40H41ClF3N3O7. The van der Waals surface area contributed by atoms with Gasteiger partial charge in [0.25, 0.3) is 12.4 Å². The number of amides is 2. The Labute approximate surface area is 315 Å². The largest absolute Gasteiger partial charge is 0.488 e. The van der Waals surface area contributed by atoms with E-state index in [1.54, 1.807) is 4.90 Å². The number of benzene rings is 3. The predicted octanol–water partition coefficient (Wildman–Crippen LogP) is 5.74. The van der Waals surface area contributed by atoms with Crippen LogP contribution in [0.5, 0.6) is 5.75 Å². The summed E-state index contributed by atoms with van der Waals surface area (Å²) in [5.41, 5.74) is 4.13. The molecule has 10 nitrogen and oxygen atoms in total. The number of aliphatic carboxylic acids is 1. The molecule has 0 aromatic heterocycles. The van der Waals surface area contributed by atoms with Crippen molar-refractivity contribution in [2.45, 2.75) is 75.6 Å². The van der Waals surface area contributed by atoms with E-state index in [1.165, 1.54) is 0 Å². The van der Waals surface area contributed by atoms with Gasteiger partial charge >= 0.3 is 5.97 Å². The molecule has 14 heteroatoms. The van der Waals surface area contributed by atoms with E-state index < -0.39 is 47.7 Å². The first-order valence-corrected chi connectivity index (χ1v) is 18.4. The summed E-state index contributed by atoms with van der Waals surface area (Å²) in [5.74, 6) is -5.97. The number of carboxylic acids is 1. The molecule has 1 saturated heterocycles. The summed E-state index contributed by atoms with van der Waals surface area (Å²) in [6.45, 7) is 1.03. The maximum absolute atomic E-state index is 14.7. The van der Waals surface area contributed by atoms with Crippen molar-refractivity contribution in [2.24, 2.45) is 0 Å². The van der Waals surface area contributed by atoms with Crippen LogP contribution in [-0.2, 0) is 36.8 Å². The zero-order valence-electron chi connectivity index (χ0n) is 29.4. The minimum absolute atomic E-state index is 0.0311. The van der Waals surface area contributed by atoms with Crippen LogP contribution in [0, 0.1) is 17.5 Å². The lowest BCUT2D eigenvalue weighted by Crippen LogP contribution is -2.62. The number of fused-ring (bicyclic) bond motifs is 2. The number of piperazine rings is 1. The molecule has 0 unspecified atom stereocenters. The minimum Gasteiger partial charge on any atom is -0.488 e. The number of nitrogens with zero attached hydrogens (tertiary/aromatic N) is 2. The topological polar surface area (TPSA) is 125 Å². The fraction of sp³-hybridized carbons (Fsp3) is 0.400. The lowest BCUT2D eigenvalue weighted by molar-refractivity contribution is -0.147. The maximum Gasteiger partial charge on any atom is 0.307 e. The van der Waals surface area contributed by atoms with Crippen molar-refractivity contribution >= 4 is 41.4 Å².